The molecule has 4 aliphatic heterocycles. The Labute approximate surface area is 375 Å². The smallest absolute Gasteiger partial charge is 0.258 e. The van der Waals surface area contributed by atoms with E-state index in [1.54, 1.807) is 24.1 Å². The maximum Gasteiger partial charge on any atom is 0.258 e. The molecule has 2 aromatic carbocycles. The predicted octanol–water partition coefficient (Wildman–Crippen LogP) is 5.84. The average molecular weight is 871 g/mol. The van der Waals surface area contributed by atoms with Crippen LogP contribution in [0.2, 0.25) is 0 Å². The minimum absolute atomic E-state index is 0.109. The molecule has 1 unspecified atom stereocenters. The number of imide groups is 1. The van der Waals surface area contributed by atoms with E-state index in [-0.39, 0.29) is 30.0 Å². The Kier molecular flexibility index (Phi) is 14.2. The Morgan fingerprint density at radius 1 is 0.922 bits per heavy atom. The van der Waals surface area contributed by atoms with Crippen molar-refractivity contribution >= 4 is 52.1 Å². The number of ether oxygens (including phenoxy) is 1. The van der Waals surface area contributed by atoms with Gasteiger partial charge in [0.2, 0.25) is 23.7 Å². The Morgan fingerprint density at radius 3 is 2.52 bits per heavy atom. The first-order valence-electron chi connectivity index (χ1n) is 23.1. The summed E-state index contributed by atoms with van der Waals surface area (Å²) < 4.78 is 8.26. The molecule has 4 N–H and O–H groups in total. The summed E-state index contributed by atoms with van der Waals surface area (Å²) in [5.74, 6) is 0.203. The van der Waals surface area contributed by atoms with Crippen molar-refractivity contribution in [3.8, 4) is 0 Å². The molecule has 2 aromatic heterocycles. The number of aryl methyl sites for hydroxylation is 2. The molecule has 2 fully saturated rings. The van der Waals surface area contributed by atoms with Gasteiger partial charge in [0.05, 0.1) is 28.9 Å². The van der Waals surface area contributed by atoms with E-state index >= 15 is 0 Å². The van der Waals surface area contributed by atoms with E-state index in [4.69, 9.17) is 15.5 Å². The average Bonchev–Trinajstić information content (AvgIpc) is 3.79. The molecule has 0 saturated carbocycles. The molecule has 4 aromatic rings. The van der Waals surface area contributed by atoms with Gasteiger partial charge in [0, 0.05) is 82.3 Å². The molecule has 4 amide bonds. The number of piperidine rings is 1. The third-order valence-electron chi connectivity index (χ3n) is 13.2. The number of nitrogens with one attached hydrogen (secondary N) is 2. The third kappa shape index (κ3) is 10.2. The fraction of sp³-hybridized carbons (Fsp3) is 0.490. The molecule has 64 heavy (non-hydrogen) atoms. The molecule has 2 bridgehead atoms. The number of piperazine rings is 1. The number of nitrogens with two attached hydrogens (primary N) is 1. The first kappa shape index (κ1) is 44.7. The number of hydrogen-bond acceptors (Lipinski definition) is 11. The summed E-state index contributed by atoms with van der Waals surface area (Å²) in [5, 5.41) is 5.52. The van der Waals surface area contributed by atoms with Gasteiger partial charge in [-0.05, 0) is 105 Å². The van der Waals surface area contributed by atoms with E-state index in [0.29, 0.717) is 72.0 Å². The lowest BCUT2D eigenvalue weighted by molar-refractivity contribution is -0.136. The van der Waals surface area contributed by atoms with Gasteiger partial charge < -0.3 is 24.8 Å². The fourth-order valence-electron chi connectivity index (χ4n) is 9.69. The summed E-state index contributed by atoms with van der Waals surface area (Å²) in [6.45, 7) is 11.8. The summed E-state index contributed by atoms with van der Waals surface area (Å²) in [4.78, 5) is 71.9. The van der Waals surface area contributed by atoms with Crippen LogP contribution in [0.4, 0.5) is 5.95 Å². The number of hydrogen-bond donors (Lipinski definition) is 3. The number of carbonyl (C=O) groups excluding carboxylic acids is 4. The number of aliphatic imine (C=N–C) groups is 1. The van der Waals surface area contributed by atoms with Gasteiger partial charge in [-0.1, -0.05) is 44.4 Å². The zero-order valence-electron chi connectivity index (χ0n) is 37.5. The summed E-state index contributed by atoms with van der Waals surface area (Å²) in [6, 6.07) is 15.3. The number of amides is 4. The molecule has 0 spiro atoms. The number of benzene rings is 2. The monoisotopic (exact) mass is 870 g/mol. The number of rotatable bonds is 11. The van der Waals surface area contributed by atoms with Crippen LogP contribution in [0.1, 0.15) is 114 Å². The molecule has 4 aliphatic rings. The zero-order chi connectivity index (χ0) is 44.7. The van der Waals surface area contributed by atoms with Crippen LogP contribution in [0, 0.1) is 12.8 Å². The molecule has 0 aliphatic carbocycles. The van der Waals surface area contributed by atoms with Gasteiger partial charge in [0.25, 0.3) is 11.8 Å². The maximum absolute atomic E-state index is 13.8. The highest BCUT2D eigenvalue weighted by Crippen LogP contribution is 2.31. The summed E-state index contributed by atoms with van der Waals surface area (Å²) in [5.41, 5.74) is 14.2. The van der Waals surface area contributed by atoms with Gasteiger partial charge in [0.15, 0.2) is 0 Å². The minimum Gasteiger partial charge on any atom is -0.477 e. The van der Waals surface area contributed by atoms with Crippen molar-refractivity contribution in [3.05, 3.63) is 93.9 Å². The quantitative estimate of drug-likeness (QED) is 0.123. The largest absolute Gasteiger partial charge is 0.477 e. The van der Waals surface area contributed by atoms with Crippen molar-refractivity contribution in [3.63, 3.8) is 0 Å². The Morgan fingerprint density at radius 2 is 1.72 bits per heavy atom. The van der Waals surface area contributed by atoms with E-state index in [1.165, 1.54) is 36.6 Å². The SMILES string of the molecule is CN=C1OCCC[C@@H](C)Cn2c(nc3ccc(CN4CCN(CCCCCCCc5cccc6c5CN(C5CCC(=O)NC5=O)C6=O)CC4)cc32)NC(=O)c2cc(C)nc(c2)C1=CN. The first-order chi connectivity index (χ1) is 31.1. The van der Waals surface area contributed by atoms with Crippen LogP contribution in [0.3, 0.4) is 0 Å². The predicted molar refractivity (Wildman–Crippen MR) is 248 cm³/mol. The molecular formula is C49H62N10O5. The van der Waals surface area contributed by atoms with Crippen LogP contribution in [-0.2, 0) is 40.4 Å². The second kappa shape index (κ2) is 20.3. The fourth-order valence-corrected chi connectivity index (χ4v) is 9.69. The van der Waals surface area contributed by atoms with E-state index in [1.807, 2.05) is 19.1 Å². The number of anilines is 1. The van der Waals surface area contributed by atoms with E-state index in [2.05, 4.69) is 66.2 Å². The Bertz CT molecular complexity index is 2450. The standard InChI is InChI=1S/C49H62N10O5/c1-32-11-10-24-64-47(51-3)38(28-50)41-27-36(25-33(2)52-41)45(61)55-49-53-40-16-15-34(26-43(40)59(49)29-32)30-57-22-20-56(21-23-57)19-8-6-4-5-7-12-35-13-9-14-37-39(35)31-58(48(37)63)42-17-18-44(60)54-46(42)62/h9,13-16,25-28,32,42H,4-8,10-12,17-24,29-31,50H2,1-3H3,(H,53,55,61)(H,54,60,62)/t32-,42?/m1/s1. The van der Waals surface area contributed by atoms with Gasteiger partial charge in [-0.2, -0.15) is 0 Å². The normalized spacial score (nSPS) is 21.6. The Hall–Kier alpha value is -5.93. The van der Waals surface area contributed by atoms with Crippen LogP contribution < -0.4 is 16.4 Å². The zero-order valence-corrected chi connectivity index (χ0v) is 37.5. The number of fused-ring (bicyclic) bond motifs is 6. The van der Waals surface area contributed by atoms with Crippen LogP contribution in [0.5, 0.6) is 0 Å². The number of aromatic nitrogens is 3. The molecule has 2 atom stereocenters. The highest BCUT2D eigenvalue weighted by Gasteiger charge is 2.39. The lowest BCUT2D eigenvalue weighted by atomic mass is 9.98. The number of carbonyl (C=O) groups is 4. The van der Waals surface area contributed by atoms with Gasteiger partial charge >= 0.3 is 0 Å². The third-order valence-corrected chi connectivity index (χ3v) is 13.2. The molecule has 8 rings (SSSR count). The first-order valence-corrected chi connectivity index (χ1v) is 23.1. The summed E-state index contributed by atoms with van der Waals surface area (Å²) >= 11 is 0. The topological polar surface area (TPSA) is 180 Å². The van der Waals surface area contributed by atoms with Gasteiger partial charge in [-0.3, -0.25) is 44.7 Å². The van der Waals surface area contributed by atoms with Gasteiger partial charge in [0.1, 0.15) is 6.04 Å². The van der Waals surface area contributed by atoms with E-state index in [9.17, 15) is 19.2 Å². The molecule has 338 valence electrons. The van der Waals surface area contributed by atoms with E-state index in [0.717, 1.165) is 88.0 Å². The Balaban J connectivity index is 0.810. The van der Waals surface area contributed by atoms with Crippen molar-refractivity contribution < 1.29 is 23.9 Å². The minimum atomic E-state index is -0.584. The van der Waals surface area contributed by atoms with Crippen LogP contribution in [0.25, 0.3) is 16.6 Å². The van der Waals surface area contributed by atoms with Gasteiger partial charge in [-0.25, -0.2) is 4.98 Å². The highest BCUT2D eigenvalue weighted by atomic mass is 16.5. The van der Waals surface area contributed by atoms with Gasteiger partial charge in [-0.15, -0.1) is 0 Å². The van der Waals surface area contributed by atoms with Crippen LogP contribution in [-0.4, -0.2) is 111 Å². The lowest BCUT2D eigenvalue weighted by Gasteiger charge is -2.34. The number of nitrogens with zero attached hydrogens (tertiary/aromatic N) is 7. The van der Waals surface area contributed by atoms with Crippen molar-refractivity contribution in [2.75, 3.05) is 51.7 Å². The number of pyridine rings is 1. The summed E-state index contributed by atoms with van der Waals surface area (Å²) in [6.07, 6.45) is 10.5. The second-order valence-electron chi connectivity index (χ2n) is 17.9. The van der Waals surface area contributed by atoms with Crippen molar-refractivity contribution in [1.82, 2.24) is 34.6 Å². The molecule has 2 saturated heterocycles. The van der Waals surface area contributed by atoms with Crippen LogP contribution >= 0.6 is 0 Å². The van der Waals surface area contributed by atoms with Crippen molar-refractivity contribution in [2.24, 2.45) is 16.6 Å². The second-order valence-corrected chi connectivity index (χ2v) is 17.9. The molecule has 6 heterocycles. The highest BCUT2D eigenvalue weighted by molar-refractivity contribution is 6.19. The molecule has 15 heteroatoms. The van der Waals surface area contributed by atoms with Crippen LogP contribution in [0.15, 0.2) is 59.7 Å². The molecule has 0 radical (unpaired) electrons. The molecule has 15 nitrogen and oxygen atoms in total. The lowest BCUT2D eigenvalue weighted by Crippen LogP contribution is -2.52. The van der Waals surface area contributed by atoms with E-state index < -0.39 is 6.04 Å². The van der Waals surface area contributed by atoms with Crippen molar-refractivity contribution in [2.45, 2.75) is 104 Å². The maximum atomic E-state index is 13.8. The number of imidazole rings is 1. The summed E-state index contributed by atoms with van der Waals surface area (Å²) in [7, 11) is 1.66. The molecular weight excluding hydrogens is 809 g/mol. The number of unbranched alkanes of at least 4 members (excludes halogenated alkanes) is 4. The van der Waals surface area contributed by atoms with Crippen molar-refractivity contribution in [1.29, 1.82) is 0 Å².